The normalized spacial score (nSPS) is 10.7. The monoisotopic (exact) mass is 316 g/mol. The lowest BCUT2D eigenvalue weighted by molar-refractivity contribution is 1.02. The third-order valence-electron chi connectivity index (χ3n) is 3.11. The molecule has 6 heteroatoms. The van der Waals surface area contributed by atoms with Crippen LogP contribution in [0.1, 0.15) is 12.7 Å². The van der Waals surface area contributed by atoms with Gasteiger partial charge in [0.15, 0.2) is 5.82 Å². The molecule has 6 nitrogen and oxygen atoms in total. The zero-order valence-electron chi connectivity index (χ0n) is 13.2. The van der Waals surface area contributed by atoms with Crippen LogP contribution >= 0.6 is 0 Å². The van der Waals surface area contributed by atoms with E-state index < -0.39 is 0 Å². The molecule has 0 atom stereocenters. The summed E-state index contributed by atoms with van der Waals surface area (Å²) in [5.41, 5.74) is 3.23. The molecule has 0 spiro atoms. The molecule has 2 aromatic carbocycles. The number of hydrogen-bond donors (Lipinski definition) is 1. The van der Waals surface area contributed by atoms with Crippen LogP contribution in [-0.4, -0.2) is 15.0 Å². The maximum atomic E-state index is 4.29. The van der Waals surface area contributed by atoms with Gasteiger partial charge in [0.2, 0.25) is 5.95 Å². The van der Waals surface area contributed by atoms with Crippen LogP contribution in [0, 0.1) is 0 Å². The van der Waals surface area contributed by atoms with Gasteiger partial charge < -0.3 is 5.32 Å². The highest BCUT2D eigenvalue weighted by molar-refractivity contribution is 5.59. The molecule has 1 aromatic heterocycles. The molecule has 0 amide bonds. The van der Waals surface area contributed by atoms with E-state index in [4.69, 9.17) is 0 Å². The van der Waals surface area contributed by atoms with Gasteiger partial charge in [0.05, 0.1) is 11.4 Å². The van der Waals surface area contributed by atoms with Crippen molar-refractivity contribution in [3.05, 3.63) is 73.3 Å². The van der Waals surface area contributed by atoms with Crippen molar-refractivity contribution in [1.82, 2.24) is 15.0 Å². The van der Waals surface area contributed by atoms with Crippen molar-refractivity contribution in [2.45, 2.75) is 6.92 Å². The number of aromatic nitrogens is 3. The van der Waals surface area contributed by atoms with Crippen molar-refractivity contribution in [1.29, 1.82) is 0 Å². The topological polar surface area (TPSA) is 75.4 Å². The van der Waals surface area contributed by atoms with Gasteiger partial charge in [0.1, 0.15) is 6.33 Å². The predicted octanol–water partition coefficient (Wildman–Crippen LogP) is 5.06. The molecule has 0 saturated carbocycles. The summed E-state index contributed by atoms with van der Waals surface area (Å²) in [7, 11) is 0. The Labute approximate surface area is 140 Å². The number of benzene rings is 2. The lowest BCUT2D eigenvalue weighted by Crippen LogP contribution is -2.00. The summed E-state index contributed by atoms with van der Waals surface area (Å²) in [5.74, 6) is 1.04. The molecule has 0 aliphatic rings. The summed E-state index contributed by atoms with van der Waals surface area (Å²) in [5, 5.41) is 11.5. The summed E-state index contributed by atoms with van der Waals surface area (Å²) < 4.78 is 0. The minimum Gasteiger partial charge on any atom is -0.324 e. The van der Waals surface area contributed by atoms with E-state index in [9.17, 15) is 0 Å². The Kier molecular flexibility index (Phi) is 4.67. The van der Waals surface area contributed by atoms with E-state index in [1.165, 1.54) is 6.33 Å². The van der Waals surface area contributed by atoms with Crippen molar-refractivity contribution >= 4 is 28.6 Å². The van der Waals surface area contributed by atoms with Crippen molar-refractivity contribution in [2.24, 2.45) is 10.2 Å². The summed E-state index contributed by atoms with van der Waals surface area (Å²) >= 11 is 0. The standard InChI is InChI=1S/C18H16N6/c1-13(2)17-19-12-20-18(22-17)21-14-8-10-16(11-9-14)24-23-15-6-4-3-5-7-15/h3-12H,1H2,2H3,(H,19,20,21,22). The van der Waals surface area contributed by atoms with Crippen LogP contribution in [-0.2, 0) is 0 Å². The average molecular weight is 316 g/mol. The summed E-state index contributed by atoms with van der Waals surface area (Å²) in [6.45, 7) is 5.68. The molecular formula is C18H16N6. The molecule has 0 unspecified atom stereocenters. The van der Waals surface area contributed by atoms with Crippen LogP contribution < -0.4 is 5.32 Å². The van der Waals surface area contributed by atoms with Gasteiger partial charge in [0.25, 0.3) is 0 Å². The van der Waals surface area contributed by atoms with E-state index in [2.05, 4.69) is 37.1 Å². The van der Waals surface area contributed by atoms with Crippen LogP contribution in [0.4, 0.5) is 23.0 Å². The summed E-state index contributed by atoms with van der Waals surface area (Å²) in [6, 6.07) is 17.1. The van der Waals surface area contributed by atoms with E-state index in [0.717, 1.165) is 22.6 Å². The van der Waals surface area contributed by atoms with Gasteiger partial charge in [0, 0.05) is 5.69 Å². The van der Waals surface area contributed by atoms with Crippen LogP contribution in [0.15, 0.2) is 77.7 Å². The number of anilines is 2. The quantitative estimate of drug-likeness (QED) is 0.667. The highest BCUT2D eigenvalue weighted by atomic mass is 15.1. The summed E-state index contributed by atoms with van der Waals surface area (Å²) in [6.07, 6.45) is 1.46. The Morgan fingerprint density at radius 1 is 0.917 bits per heavy atom. The SMILES string of the molecule is C=C(C)c1ncnc(Nc2ccc(N=Nc3ccccc3)cc2)n1. The molecule has 0 bridgehead atoms. The maximum absolute atomic E-state index is 4.29. The highest BCUT2D eigenvalue weighted by Crippen LogP contribution is 2.21. The molecule has 0 aliphatic heterocycles. The smallest absolute Gasteiger partial charge is 0.230 e. The second-order valence-corrected chi connectivity index (χ2v) is 5.12. The van der Waals surface area contributed by atoms with Gasteiger partial charge in [-0.1, -0.05) is 24.8 Å². The Morgan fingerprint density at radius 3 is 2.25 bits per heavy atom. The van der Waals surface area contributed by atoms with E-state index in [-0.39, 0.29) is 0 Å². The van der Waals surface area contributed by atoms with Crippen molar-refractivity contribution in [3.63, 3.8) is 0 Å². The molecule has 24 heavy (non-hydrogen) atoms. The van der Waals surface area contributed by atoms with E-state index in [1.807, 2.05) is 61.5 Å². The molecule has 1 heterocycles. The first kappa shape index (κ1) is 15.5. The fraction of sp³-hybridized carbons (Fsp3) is 0.0556. The number of hydrogen-bond acceptors (Lipinski definition) is 6. The lowest BCUT2D eigenvalue weighted by Gasteiger charge is -2.05. The Morgan fingerprint density at radius 2 is 1.58 bits per heavy atom. The van der Waals surface area contributed by atoms with Crippen molar-refractivity contribution in [3.8, 4) is 0 Å². The second-order valence-electron chi connectivity index (χ2n) is 5.12. The first-order valence-electron chi connectivity index (χ1n) is 7.39. The van der Waals surface area contributed by atoms with Gasteiger partial charge in [-0.15, -0.1) is 0 Å². The number of allylic oxidation sites excluding steroid dienone is 1. The lowest BCUT2D eigenvalue weighted by atomic mass is 10.3. The number of nitrogens with zero attached hydrogens (tertiary/aromatic N) is 5. The minimum atomic E-state index is 0.474. The van der Waals surface area contributed by atoms with Crippen LogP contribution in [0.3, 0.4) is 0 Å². The summed E-state index contributed by atoms with van der Waals surface area (Å²) in [4.78, 5) is 12.4. The third kappa shape index (κ3) is 4.07. The fourth-order valence-corrected chi connectivity index (χ4v) is 1.91. The van der Waals surface area contributed by atoms with Crippen LogP contribution in [0.2, 0.25) is 0 Å². The molecule has 3 aromatic rings. The molecule has 0 saturated heterocycles. The zero-order valence-corrected chi connectivity index (χ0v) is 13.2. The molecule has 1 N–H and O–H groups in total. The Balaban J connectivity index is 1.70. The predicted molar refractivity (Wildman–Crippen MR) is 94.9 cm³/mol. The second kappa shape index (κ2) is 7.23. The number of azo groups is 1. The zero-order chi connectivity index (χ0) is 16.8. The van der Waals surface area contributed by atoms with Gasteiger partial charge >= 0.3 is 0 Å². The Bertz CT molecular complexity index is 856. The molecule has 0 radical (unpaired) electrons. The first-order valence-corrected chi connectivity index (χ1v) is 7.39. The van der Waals surface area contributed by atoms with E-state index >= 15 is 0 Å². The number of rotatable bonds is 5. The fourth-order valence-electron chi connectivity index (χ4n) is 1.91. The van der Waals surface area contributed by atoms with Crippen LogP contribution in [0.5, 0.6) is 0 Å². The van der Waals surface area contributed by atoms with Crippen molar-refractivity contribution < 1.29 is 0 Å². The van der Waals surface area contributed by atoms with E-state index in [1.54, 1.807) is 0 Å². The largest absolute Gasteiger partial charge is 0.324 e. The van der Waals surface area contributed by atoms with Gasteiger partial charge in [-0.2, -0.15) is 15.2 Å². The minimum absolute atomic E-state index is 0.474. The first-order chi connectivity index (χ1) is 11.7. The van der Waals surface area contributed by atoms with Crippen molar-refractivity contribution in [2.75, 3.05) is 5.32 Å². The van der Waals surface area contributed by atoms with Gasteiger partial charge in [-0.25, -0.2) is 9.97 Å². The maximum Gasteiger partial charge on any atom is 0.230 e. The average Bonchev–Trinajstić information content (AvgIpc) is 2.62. The molecular weight excluding hydrogens is 300 g/mol. The highest BCUT2D eigenvalue weighted by Gasteiger charge is 2.02. The number of nitrogens with one attached hydrogen (secondary N) is 1. The molecule has 0 fully saturated rings. The van der Waals surface area contributed by atoms with Crippen LogP contribution in [0.25, 0.3) is 5.57 Å². The third-order valence-corrected chi connectivity index (χ3v) is 3.11. The van der Waals surface area contributed by atoms with E-state index in [0.29, 0.717) is 11.8 Å². The Hall–Kier alpha value is -3.41. The molecule has 118 valence electrons. The van der Waals surface area contributed by atoms with Gasteiger partial charge in [-0.3, -0.25) is 0 Å². The molecule has 3 rings (SSSR count). The molecule has 0 aliphatic carbocycles. The van der Waals surface area contributed by atoms with Gasteiger partial charge in [-0.05, 0) is 48.9 Å².